The highest BCUT2D eigenvalue weighted by atomic mass is 16.5. The standard InChI is InChI=1S/C25H29N5O2/c1-3-18-10-17(5-4-16(18)2)15-32-23-14-28-13-22(23)30-25(31)21-11-20(12-29-24(21)26)19-6-8-27-9-7-19/h4-12,22-23,28H,3,13-15H2,1-2H3,(H2,26,29)(H,30,31)/t22-,23-/m0/s1. The lowest BCUT2D eigenvalue weighted by molar-refractivity contribution is 0.0357. The van der Waals surface area contributed by atoms with Crippen molar-refractivity contribution in [1.29, 1.82) is 0 Å². The van der Waals surface area contributed by atoms with Crippen molar-refractivity contribution in [1.82, 2.24) is 20.6 Å². The highest BCUT2D eigenvalue weighted by Crippen LogP contribution is 2.22. The van der Waals surface area contributed by atoms with Gasteiger partial charge in [0.15, 0.2) is 0 Å². The van der Waals surface area contributed by atoms with Gasteiger partial charge in [-0.05, 0) is 53.8 Å². The Balaban J connectivity index is 1.42. The highest BCUT2D eigenvalue weighted by Gasteiger charge is 2.30. The van der Waals surface area contributed by atoms with Crippen LogP contribution in [0.3, 0.4) is 0 Å². The van der Waals surface area contributed by atoms with Crippen LogP contribution in [0.15, 0.2) is 55.0 Å². The van der Waals surface area contributed by atoms with Crippen LogP contribution in [0.2, 0.25) is 0 Å². The second kappa shape index (κ2) is 9.89. The predicted octanol–water partition coefficient (Wildman–Crippen LogP) is 2.88. The maximum atomic E-state index is 13.0. The first-order valence-electron chi connectivity index (χ1n) is 10.9. The number of aryl methyl sites for hydroxylation is 2. The molecule has 2 aromatic heterocycles. The zero-order valence-electron chi connectivity index (χ0n) is 18.5. The second-order valence-electron chi connectivity index (χ2n) is 8.09. The zero-order chi connectivity index (χ0) is 22.5. The molecule has 1 saturated heterocycles. The number of amides is 1. The molecule has 166 valence electrons. The topological polar surface area (TPSA) is 102 Å². The van der Waals surface area contributed by atoms with Crippen LogP contribution >= 0.6 is 0 Å². The first-order valence-corrected chi connectivity index (χ1v) is 10.9. The van der Waals surface area contributed by atoms with Gasteiger partial charge in [0.05, 0.1) is 24.3 Å². The Hall–Kier alpha value is -3.29. The maximum Gasteiger partial charge on any atom is 0.255 e. The Morgan fingerprint density at radius 3 is 2.78 bits per heavy atom. The molecule has 0 spiro atoms. The number of anilines is 1. The van der Waals surface area contributed by atoms with Crippen molar-refractivity contribution in [3.8, 4) is 11.1 Å². The highest BCUT2D eigenvalue weighted by molar-refractivity contribution is 5.99. The van der Waals surface area contributed by atoms with Gasteiger partial charge < -0.3 is 21.1 Å². The molecule has 2 atom stereocenters. The molecule has 0 bridgehead atoms. The molecule has 1 fully saturated rings. The van der Waals surface area contributed by atoms with Crippen LogP contribution in [-0.4, -0.2) is 41.1 Å². The Kier molecular flexibility index (Phi) is 6.78. The van der Waals surface area contributed by atoms with Crippen LogP contribution in [0.5, 0.6) is 0 Å². The minimum atomic E-state index is -0.253. The Bertz CT molecular complexity index is 1090. The minimum Gasteiger partial charge on any atom is -0.383 e. The number of hydrogen-bond acceptors (Lipinski definition) is 6. The van der Waals surface area contributed by atoms with Crippen LogP contribution in [0.25, 0.3) is 11.1 Å². The van der Waals surface area contributed by atoms with Crippen LogP contribution in [0.1, 0.15) is 34.0 Å². The first kappa shape index (κ1) is 21.9. The van der Waals surface area contributed by atoms with Crippen molar-refractivity contribution in [3.05, 3.63) is 77.2 Å². The van der Waals surface area contributed by atoms with Crippen molar-refractivity contribution < 1.29 is 9.53 Å². The number of rotatable bonds is 7. The molecule has 4 N–H and O–H groups in total. The average molecular weight is 432 g/mol. The fourth-order valence-electron chi connectivity index (χ4n) is 3.98. The molecular weight excluding hydrogens is 402 g/mol. The number of nitrogens with two attached hydrogens (primary N) is 1. The van der Waals surface area contributed by atoms with Crippen molar-refractivity contribution in [2.75, 3.05) is 18.8 Å². The minimum absolute atomic E-state index is 0.122. The summed E-state index contributed by atoms with van der Waals surface area (Å²) in [5.74, 6) is -0.0488. The zero-order valence-corrected chi connectivity index (χ0v) is 18.5. The van der Waals surface area contributed by atoms with Crippen LogP contribution < -0.4 is 16.4 Å². The van der Waals surface area contributed by atoms with Gasteiger partial charge in [-0.2, -0.15) is 0 Å². The summed E-state index contributed by atoms with van der Waals surface area (Å²) < 4.78 is 6.17. The first-order chi connectivity index (χ1) is 15.5. The van der Waals surface area contributed by atoms with Gasteiger partial charge in [-0.25, -0.2) is 4.98 Å². The molecule has 1 amide bonds. The molecule has 0 radical (unpaired) electrons. The van der Waals surface area contributed by atoms with E-state index in [1.807, 2.05) is 12.1 Å². The van der Waals surface area contributed by atoms with E-state index in [0.717, 1.165) is 23.1 Å². The summed E-state index contributed by atoms with van der Waals surface area (Å²) in [7, 11) is 0. The molecular formula is C25H29N5O2. The number of carbonyl (C=O) groups excluding carboxylic acids is 1. The molecule has 0 saturated carbocycles. The number of ether oxygens (including phenoxy) is 1. The smallest absolute Gasteiger partial charge is 0.255 e. The summed E-state index contributed by atoms with van der Waals surface area (Å²) in [4.78, 5) is 21.3. The van der Waals surface area contributed by atoms with E-state index < -0.39 is 0 Å². The van der Waals surface area contributed by atoms with Gasteiger partial charge in [-0.15, -0.1) is 0 Å². The summed E-state index contributed by atoms with van der Waals surface area (Å²) in [6, 6.07) is 11.8. The lowest BCUT2D eigenvalue weighted by Crippen LogP contribution is -2.44. The molecule has 32 heavy (non-hydrogen) atoms. The predicted molar refractivity (Wildman–Crippen MR) is 125 cm³/mol. The molecule has 1 aliphatic rings. The third-order valence-corrected chi connectivity index (χ3v) is 5.91. The van der Waals surface area contributed by atoms with E-state index in [4.69, 9.17) is 10.5 Å². The molecule has 1 aromatic carbocycles. The maximum absolute atomic E-state index is 13.0. The molecule has 4 rings (SSSR count). The molecule has 3 heterocycles. The van der Waals surface area contributed by atoms with Crippen molar-refractivity contribution in [2.24, 2.45) is 0 Å². The molecule has 1 aliphatic heterocycles. The number of nitrogen functional groups attached to an aromatic ring is 1. The largest absolute Gasteiger partial charge is 0.383 e. The second-order valence-corrected chi connectivity index (χ2v) is 8.09. The fourth-order valence-corrected chi connectivity index (χ4v) is 3.98. The van der Waals surface area contributed by atoms with Crippen LogP contribution in [0, 0.1) is 6.92 Å². The summed E-state index contributed by atoms with van der Waals surface area (Å²) in [5, 5.41) is 6.38. The van der Waals surface area contributed by atoms with E-state index >= 15 is 0 Å². The van der Waals surface area contributed by atoms with Gasteiger partial charge >= 0.3 is 0 Å². The number of nitrogens with zero attached hydrogens (tertiary/aromatic N) is 2. The SMILES string of the molecule is CCc1cc(CO[C@H]2CNC[C@@H]2NC(=O)c2cc(-c3ccncc3)cnc2N)ccc1C. The van der Waals surface area contributed by atoms with Gasteiger partial charge in [-0.1, -0.05) is 25.1 Å². The molecule has 3 aromatic rings. The number of nitrogens with one attached hydrogen (secondary N) is 2. The number of hydrogen-bond donors (Lipinski definition) is 3. The number of pyridine rings is 2. The Morgan fingerprint density at radius 1 is 1.19 bits per heavy atom. The summed E-state index contributed by atoms with van der Waals surface area (Å²) in [5.41, 5.74) is 11.9. The fraction of sp³-hybridized carbons (Fsp3) is 0.320. The normalized spacial score (nSPS) is 17.9. The van der Waals surface area contributed by atoms with Crippen molar-refractivity contribution >= 4 is 11.7 Å². The molecule has 7 heteroatoms. The van der Waals surface area contributed by atoms with E-state index in [2.05, 4.69) is 52.6 Å². The van der Waals surface area contributed by atoms with Gasteiger partial charge in [0.1, 0.15) is 5.82 Å². The summed E-state index contributed by atoms with van der Waals surface area (Å²) in [6.07, 6.45) is 5.95. The third-order valence-electron chi connectivity index (χ3n) is 5.91. The average Bonchev–Trinajstić information content (AvgIpc) is 3.26. The Morgan fingerprint density at radius 2 is 2.00 bits per heavy atom. The van der Waals surface area contributed by atoms with E-state index in [9.17, 15) is 4.79 Å². The van der Waals surface area contributed by atoms with Crippen molar-refractivity contribution in [2.45, 2.75) is 39.0 Å². The number of benzene rings is 1. The molecule has 0 unspecified atom stereocenters. The van der Waals surface area contributed by atoms with Crippen LogP contribution in [-0.2, 0) is 17.8 Å². The third kappa shape index (κ3) is 4.95. The number of carbonyl (C=O) groups is 1. The summed E-state index contributed by atoms with van der Waals surface area (Å²) in [6.45, 7) is 6.11. The van der Waals surface area contributed by atoms with Crippen molar-refractivity contribution in [3.63, 3.8) is 0 Å². The van der Waals surface area contributed by atoms with Crippen LogP contribution in [0.4, 0.5) is 5.82 Å². The van der Waals surface area contributed by atoms with E-state index in [0.29, 0.717) is 25.3 Å². The lowest BCUT2D eigenvalue weighted by atomic mass is 10.0. The lowest BCUT2D eigenvalue weighted by Gasteiger charge is -2.21. The monoisotopic (exact) mass is 431 g/mol. The van der Waals surface area contributed by atoms with E-state index in [-0.39, 0.29) is 23.9 Å². The van der Waals surface area contributed by atoms with Gasteiger partial charge in [-0.3, -0.25) is 9.78 Å². The molecule has 0 aliphatic carbocycles. The number of aromatic nitrogens is 2. The van der Waals surface area contributed by atoms with E-state index in [1.165, 1.54) is 11.1 Å². The quantitative estimate of drug-likeness (QED) is 0.532. The summed E-state index contributed by atoms with van der Waals surface area (Å²) >= 11 is 0. The van der Waals surface area contributed by atoms with Gasteiger partial charge in [0.2, 0.25) is 0 Å². The van der Waals surface area contributed by atoms with E-state index in [1.54, 1.807) is 24.7 Å². The van der Waals surface area contributed by atoms with Gasteiger partial charge in [0, 0.05) is 37.2 Å². The Labute approximate surface area is 188 Å². The van der Waals surface area contributed by atoms with Gasteiger partial charge in [0.25, 0.3) is 5.91 Å². The molecule has 7 nitrogen and oxygen atoms in total.